The number of rotatable bonds is 10. The molecule has 0 bridgehead atoms. The predicted molar refractivity (Wildman–Crippen MR) is 118 cm³/mol. The summed E-state index contributed by atoms with van der Waals surface area (Å²) in [6, 6.07) is 9.36. The van der Waals surface area contributed by atoms with Crippen molar-refractivity contribution in [1.82, 2.24) is 4.90 Å². The lowest BCUT2D eigenvalue weighted by Gasteiger charge is -2.39. The lowest BCUT2D eigenvalue weighted by molar-refractivity contribution is -0.168. The first kappa shape index (κ1) is 25.2. The molecular weight excluding hydrogens is 412 g/mol. The van der Waals surface area contributed by atoms with Gasteiger partial charge < -0.3 is 14.4 Å². The largest absolute Gasteiger partial charge is 0.460 e. The van der Waals surface area contributed by atoms with E-state index in [9.17, 15) is 14.4 Å². The van der Waals surface area contributed by atoms with Crippen molar-refractivity contribution in [2.24, 2.45) is 10.5 Å². The van der Waals surface area contributed by atoms with Crippen LogP contribution in [0.25, 0.3) is 10.4 Å². The van der Waals surface area contributed by atoms with Gasteiger partial charge in [-0.2, -0.15) is 0 Å². The first-order chi connectivity index (χ1) is 15.1. The van der Waals surface area contributed by atoms with Gasteiger partial charge in [-0.3, -0.25) is 14.4 Å². The topological polar surface area (TPSA) is 122 Å². The maximum atomic E-state index is 13.1. The Kier molecular flexibility index (Phi) is 9.08. The Morgan fingerprint density at radius 2 is 1.94 bits per heavy atom. The maximum Gasteiger partial charge on any atom is 0.326 e. The molecule has 0 spiro atoms. The quantitative estimate of drug-likeness (QED) is 0.176. The molecule has 1 saturated heterocycles. The van der Waals surface area contributed by atoms with Crippen LogP contribution < -0.4 is 0 Å². The number of nitrogens with zero attached hydrogens (tertiary/aromatic N) is 4. The zero-order valence-corrected chi connectivity index (χ0v) is 19.1. The van der Waals surface area contributed by atoms with Crippen LogP contribution in [0.4, 0.5) is 0 Å². The minimum absolute atomic E-state index is 0.0229. The van der Waals surface area contributed by atoms with Crippen LogP contribution in [0, 0.1) is 5.41 Å². The Hall–Kier alpha value is -3.06. The number of esters is 2. The van der Waals surface area contributed by atoms with Crippen molar-refractivity contribution in [2.75, 3.05) is 19.6 Å². The van der Waals surface area contributed by atoms with Crippen molar-refractivity contribution < 1.29 is 23.9 Å². The maximum absolute atomic E-state index is 13.1. The highest BCUT2D eigenvalue weighted by Gasteiger charge is 2.46. The number of amides is 1. The molecule has 9 nitrogen and oxygen atoms in total. The van der Waals surface area contributed by atoms with Crippen LogP contribution in [0.3, 0.4) is 0 Å². The number of likely N-dealkylation sites (tertiary alicyclic amines) is 1. The summed E-state index contributed by atoms with van der Waals surface area (Å²) in [5, 5.41) is 3.52. The highest BCUT2D eigenvalue weighted by molar-refractivity contribution is 5.89. The molecule has 0 N–H and O–H groups in total. The molecule has 9 heteroatoms. The fraction of sp³-hybridized carbons (Fsp3) is 0.609. The van der Waals surface area contributed by atoms with Gasteiger partial charge in [0.2, 0.25) is 5.91 Å². The molecule has 1 aliphatic rings. The third-order valence-corrected chi connectivity index (χ3v) is 5.32. The van der Waals surface area contributed by atoms with Gasteiger partial charge >= 0.3 is 11.9 Å². The van der Waals surface area contributed by atoms with Crippen molar-refractivity contribution in [3.63, 3.8) is 0 Å². The summed E-state index contributed by atoms with van der Waals surface area (Å²) in [6.45, 7) is 5.92. The summed E-state index contributed by atoms with van der Waals surface area (Å²) in [7, 11) is 0. The van der Waals surface area contributed by atoms with Crippen LogP contribution in [-0.2, 0) is 30.5 Å². The van der Waals surface area contributed by atoms with Crippen LogP contribution >= 0.6 is 0 Å². The molecule has 32 heavy (non-hydrogen) atoms. The molecule has 1 aromatic rings. The second-order valence-electron chi connectivity index (χ2n) is 9.08. The summed E-state index contributed by atoms with van der Waals surface area (Å²) in [4.78, 5) is 42.3. The Morgan fingerprint density at radius 3 is 2.56 bits per heavy atom. The summed E-state index contributed by atoms with van der Waals surface area (Å²) >= 11 is 0. The fourth-order valence-corrected chi connectivity index (χ4v) is 3.72. The third kappa shape index (κ3) is 7.89. The number of unbranched alkanes of at least 4 members (excludes halogenated alkanes) is 1. The number of carbonyl (C=O) groups is 3. The number of piperidine rings is 1. The predicted octanol–water partition coefficient (Wildman–Crippen LogP) is 4.16. The number of benzene rings is 1. The van der Waals surface area contributed by atoms with Gasteiger partial charge in [0, 0.05) is 24.4 Å². The highest BCUT2D eigenvalue weighted by atomic mass is 16.6. The van der Waals surface area contributed by atoms with Gasteiger partial charge in [0.1, 0.15) is 18.8 Å². The van der Waals surface area contributed by atoms with E-state index in [0.29, 0.717) is 32.2 Å². The standard InChI is InChI=1S/C23H32N4O5/c1-22(2,3)32-20(29)16-27-14-12-23(15-19(27)28,11-7-8-13-25-26-24)21(30)31-17-18-9-5-4-6-10-18/h4-6,9-10H,7-8,11-17H2,1-3H3. The molecule has 0 aliphatic carbocycles. The molecule has 2 rings (SSSR count). The molecule has 0 radical (unpaired) electrons. The summed E-state index contributed by atoms with van der Waals surface area (Å²) in [5.41, 5.74) is 7.72. The van der Waals surface area contributed by atoms with Crippen molar-refractivity contribution >= 4 is 17.8 Å². The molecule has 1 heterocycles. The summed E-state index contributed by atoms with van der Waals surface area (Å²) < 4.78 is 10.9. The zero-order valence-electron chi connectivity index (χ0n) is 19.1. The Labute approximate surface area is 188 Å². The Morgan fingerprint density at radius 1 is 1.22 bits per heavy atom. The Bertz CT molecular complexity index is 846. The van der Waals surface area contributed by atoms with Gasteiger partial charge in [0.25, 0.3) is 0 Å². The van der Waals surface area contributed by atoms with Crippen molar-refractivity contribution in [1.29, 1.82) is 0 Å². The van der Waals surface area contributed by atoms with Gasteiger partial charge in [-0.1, -0.05) is 41.9 Å². The van der Waals surface area contributed by atoms with E-state index in [0.717, 1.165) is 5.56 Å². The summed E-state index contributed by atoms with van der Waals surface area (Å²) in [5.74, 6) is -1.15. The molecule has 1 atom stereocenters. The van der Waals surface area contributed by atoms with E-state index in [1.165, 1.54) is 4.90 Å². The van der Waals surface area contributed by atoms with E-state index in [1.807, 2.05) is 30.3 Å². The average molecular weight is 445 g/mol. The fourth-order valence-electron chi connectivity index (χ4n) is 3.72. The van der Waals surface area contributed by atoms with E-state index >= 15 is 0 Å². The minimum Gasteiger partial charge on any atom is -0.460 e. The smallest absolute Gasteiger partial charge is 0.326 e. The van der Waals surface area contributed by atoms with E-state index in [-0.39, 0.29) is 32.0 Å². The first-order valence-corrected chi connectivity index (χ1v) is 10.9. The van der Waals surface area contributed by atoms with Gasteiger partial charge in [0.05, 0.1) is 5.41 Å². The monoisotopic (exact) mass is 444 g/mol. The lowest BCUT2D eigenvalue weighted by atomic mass is 9.74. The van der Waals surface area contributed by atoms with E-state index in [1.54, 1.807) is 20.8 Å². The Balaban J connectivity index is 2.04. The second-order valence-corrected chi connectivity index (χ2v) is 9.08. The van der Waals surface area contributed by atoms with Gasteiger partial charge in [0.15, 0.2) is 0 Å². The van der Waals surface area contributed by atoms with Gasteiger partial charge in [-0.15, -0.1) is 0 Å². The average Bonchev–Trinajstić information content (AvgIpc) is 2.73. The highest BCUT2D eigenvalue weighted by Crippen LogP contribution is 2.39. The molecule has 1 fully saturated rings. The number of ether oxygens (including phenoxy) is 2. The second kappa shape index (κ2) is 11.5. The van der Waals surface area contributed by atoms with Crippen molar-refractivity contribution in [2.45, 2.75) is 65.1 Å². The zero-order chi connectivity index (χ0) is 23.6. The molecule has 0 saturated carbocycles. The molecule has 1 aliphatic heterocycles. The minimum atomic E-state index is -0.952. The normalized spacial score (nSPS) is 18.6. The van der Waals surface area contributed by atoms with E-state index in [4.69, 9.17) is 15.0 Å². The van der Waals surface area contributed by atoms with E-state index < -0.39 is 23.0 Å². The van der Waals surface area contributed by atoms with Gasteiger partial charge in [-0.05, 0) is 51.1 Å². The van der Waals surface area contributed by atoms with Crippen molar-refractivity contribution in [3.05, 3.63) is 46.3 Å². The number of hydrogen-bond donors (Lipinski definition) is 0. The molecule has 1 amide bonds. The molecular formula is C23H32N4O5. The van der Waals surface area contributed by atoms with Crippen LogP contribution in [0.1, 0.15) is 58.4 Å². The molecule has 174 valence electrons. The first-order valence-electron chi connectivity index (χ1n) is 10.9. The van der Waals surface area contributed by atoms with E-state index in [2.05, 4.69) is 10.0 Å². The molecule has 1 aromatic carbocycles. The number of carbonyl (C=O) groups excluding carboxylic acids is 3. The third-order valence-electron chi connectivity index (χ3n) is 5.32. The molecule has 1 unspecified atom stereocenters. The van der Waals surface area contributed by atoms with Crippen LogP contribution in [-0.4, -0.2) is 48.0 Å². The molecule has 0 aromatic heterocycles. The lowest BCUT2D eigenvalue weighted by Crippen LogP contribution is -2.50. The van der Waals surface area contributed by atoms with Crippen LogP contribution in [0.5, 0.6) is 0 Å². The van der Waals surface area contributed by atoms with Gasteiger partial charge in [-0.25, -0.2) is 0 Å². The van der Waals surface area contributed by atoms with Crippen LogP contribution in [0.2, 0.25) is 0 Å². The van der Waals surface area contributed by atoms with Crippen molar-refractivity contribution in [3.8, 4) is 0 Å². The van der Waals surface area contributed by atoms with Crippen LogP contribution in [0.15, 0.2) is 35.4 Å². The summed E-state index contributed by atoms with van der Waals surface area (Å²) in [6.07, 6.45) is 2.07. The number of hydrogen-bond acceptors (Lipinski definition) is 6. The number of azide groups is 1. The SMILES string of the molecule is CC(C)(C)OC(=O)CN1CCC(CCCCN=[N+]=[N-])(C(=O)OCc2ccccc2)CC1=O.